The lowest BCUT2D eigenvalue weighted by molar-refractivity contribution is -0.140. The molecule has 2 heterocycles. The minimum atomic E-state index is -0.810. The molecular weight excluding hydrogens is 280 g/mol. The van der Waals surface area contributed by atoms with Gasteiger partial charge in [0.15, 0.2) is 5.65 Å². The molecule has 22 heavy (non-hydrogen) atoms. The molecule has 2 N–H and O–H groups in total. The Bertz CT molecular complexity index is 649. The first kappa shape index (κ1) is 16.4. The highest BCUT2D eigenvalue weighted by atomic mass is 16.4. The number of rotatable bonds is 7. The van der Waals surface area contributed by atoms with Gasteiger partial charge in [-0.05, 0) is 37.8 Å². The molecule has 2 aromatic rings. The number of nitrogens with zero attached hydrogens (tertiary/aromatic N) is 3. The molecule has 0 fully saturated rings. The van der Waals surface area contributed by atoms with Gasteiger partial charge in [-0.3, -0.25) is 4.79 Å². The Balaban J connectivity index is 2.10. The third-order valence-corrected chi connectivity index (χ3v) is 3.54. The van der Waals surface area contributed by atoms with Gasteiger partial charge < -0.3 is 10.4 Å². The predicted octanol–water partition coefficient (Wildman–Crippen LogP) is 2.60. The van der Waals surface area contributed by atoms with Crippen LogP contribution in [0.1, 0.15) is 45.7 Å². The van der Waals surface area contributed by atoms with Crippen LogP contribution >= 0.6 is 0 Å². The number of aromatic nitrogens is 3. The van der Waals surface area contributed by atoms with E-state index in [0.29, 0.717) is 18.9 Å². The summed E-state index contributed by atoms with van der Waals surface area (Å²) in [4.78, 5) is 15.7. The number of nitrogens with one attached hydrogen (secondary N) is 1. The third kappa shape index (κ3) is 3.82. The molecule has 0 saturated heterocycles. The highest BCUT2D eigenvalue weighted by Gasteiger charge is 2.18. The smallest absolute Gasteiger partial charge is 0.320 e. The predicted molar refractivity (Wildman–Crippen MR) is 85.6 cm³/mol. The average molecular weight is 304 g/mol. The van der Waals surface area contributed by atoms with E-state index in [4.69, 9.17) is 0 Å². The molecule has 6 nitrogen and oxygen atoms in total. The molecule has 0 radical (unpaired) electrons. The van der Waals surface area contributed by atoms with E-state index in [1.807, 2.05) is 24.6 Å². The van der Waals surface area contributed by atoms with Gasteiger partial charge in [-0.25, -0.2) is 9.67 Å². The van der Waals surface area contributed by atoms with Crippen LogP contribution < -0.4 is 5.32 Å². The van der Waals surface area contributed by atoms with E-state index >= 15 is 0 Å². The Morgan fingerprint density at radius 2 is 2.05 bits per heavy atom. The van der Waals surface area contributed by atoms with Crippen LogP contribution in [0.4, 0.5) is 0 Å². The first-order valence-corrected chi connectivity index (χ1v) is 7.66. The second kappa shape index (κ2) is 6.87. The van der Waals surface area contributed by atoms with Gasteiger partial charge in [0.05, 0.1) is 6.20 Å². The van der Waals surface area contributed by atoms with Gasteiger partial charge >= 0.3 is 5.97 Å². The minimum Gasteiger partial charge on any atom is -0.480 e. The number of pyridine rings is 1. The van der Waals surface area contributed by atoms with E-state index in [1.54, 1.807) is 12.4 Å². The van der Waals surface area contributed by atoms with E-state index < -0.39 is 12.0 Å². The molecule has 1 atom stereocenters. The molecule has 2 aromatic heterocycles. The summed E-state index contributed by atoms with van der Waals surface area (Å²) in [6, 6.07) is 1.74. The second-order valence-electron chi connectivity index (χ2n) is 6.34. The summed E-state index contributed by atoms with van der Waals surface area (Å²) in [5, 5.41) is 17.7. The van der Waals surface area contributed by atoms with Crippen molar-refractivity contribution in [2.45, 2.75) is 52.7 Å². The summed E-state index contributed by atoms with van der Waals surface area (Å²) in [6.45, 7) is 8.65. The fraction of sp³-hybridized carbons (Fsp3) is 0.562. The summed E-state index contributed by atoms with van der Waals surface area (Å²) in [7, 11) is 0. The van der Waals surface area contributed by atoms with Gasteiger partial charge in [-0.1, -0.05) is 13.8 Å². The molecule has 0 aliphatic heterocycles. The van der Waals surface area contributed by atoms with Crippen molar-refractivity contribution >= 4 is 17.0 Å². The van der Waals surface area contributed by atoms with Crippen LogP contribution in [-0.4, -0.2) is 31.9 Å². The molecular formula is C16H24N4O2. The summed E-state index contributed by atoms with van der Waals surface area (Å²) >= 11 is 0. The SMILES string of the molecule is CC(C)CC(NCc1cnc2c(cnn2C(C)C)c1)C(=O)O. The van der Waals surface area contributed by atoms with Crippen LogP contribution in [0.15, 0.2) is 18.5 Å². The molecule has 0 aromatic carbocycles. The normalized spacial score (nSPS) is 13.2. The standard InChI is InChI=1S/C16H24N4O2/c1-10(2)5-14(16(21)22)17-7-12-6-13-9-19-20(11(3)4)15(13)18-8-12/h6,8-11,14,17H,5,7H2,1-4H3,(H,21,22). The van der Waals surface area contributed by atoms with Crippen molar-refractivity contribution in [1.82, 2.24) is 20.1 Å². The fourth-order valence-electron chi connectivity index (χ4n) is 2.44. The molecule has 0 aliphatic carbocycles. The van der Waals surface area contributed by atoms with Crippen LogP contribution in [0.3, 0.4) is 0 Å². The van der Waals surface area contributed by atoms with Crippen molar-refractivity contribution in [2.75, 3.05) is 0 Å². The topological polar surface area (TPSA) is 80.0 Å². The number of carboxylic acid groups (broad SMARTS) is 1. The van der Waals surface area contributed by atoms with Gasteiger partial charge in [0.1, 0.15) is 6.04 Å². The lowest BCUT2D eigenvalue weighted by Gasteiger charge is -2.16. The molecule has 6 heteroatoms. The van der Waals surface area contributed by atoms with E-state index in [2.05, 4.69) is 29.2 Å². The number of hydrogen-bond donors (Lipinski definition) is 2. The van der Waals surface area contributed by atoms with Gasteiger partial charge in [0.2, 0.25) is 0 Å². The maximum Gasteiger partial charge on any atom is 0.320 e. The average Bonchev–Trinajstić information content (AvgIpc) is 2.85. The van der Waals surface area contributed by atoms with Crippen LogP contribution in [0.5, 0.6) is 0 Å². The lowest BCUT2D eigenvalue weighted by Crippen LogP contribution is -2.37. The van der Waals surface area contributed by atoms with Crippen LogP contribution in [0.25, 0.3) is 11.0 Å². The molecule has 1 unspecified atom stereocenters. The highest BCUT2D eigenvalue weighted by molar-refractivity contribution is 5.75. The van der Waals surface area contributed by atoms with E-state index in [1.165, 1.54) is 0 Å². The van der Waals surface area contributed by atoms with Crippen LogP contribution in [0.2, 0.25) is 0 Å². The zero-order valence-electron chi connectivity index (χ0n) is 13.6. The Labute approximate surface area is 130 Å². The maximum absolute atomic E-state index is 11.3. The number of hydrogen-bond acceptors (Lipinski definition) is 4. The molecule has 0 saturated carbocycles. The largest absolute Gasteiger partial charge is 0.480 e. The highest BCUT2D eigenvalue weighted by Crippen LogP contribution is 2.17. The zero-order chi connectivity index (χ0) is 16.3. The first-order chi connectivity index (χ1) is 10.4. The summed E-state index contributed by atoms with van der Waals surface area (Å²) in [5.74, 6) is -0.478. The van der Waals surface area contributed by atoms with E-state index in [0.717, 1.165) is 16.6 Å². The van der Waals surface area contributed by atoms with Crippen LogP contribution in [0, 0.1) is 5.92 Å². The second-order valence-corrected chi connectivity index (χ2v) is 6.34. The van der Waals surface area contributed by atoms with Crippen molar-refractivity contribution < 1.29 is 9.90 Å². The molecule has 0 spiro atoms. The van der Waals surface area contributed by atoms with Crippen molar-refractivity contribution in [3.05, 3.63) is 24.0 Å². The Hall–Kier alpha value is -1.95. The van der Waals surface area contributed by atoms with E-state index in [-0.39, 0.29) is 6.04 Å². The Kier molecular flexibility index (Phi) is 5.13. The maximum atomic E-state index is 11.3. The molecule has 0 amide bonds. The fourth-order valence-corrected chi connectivity index (χ4v) is 2.44. The number of carbonyl (C=O) groups is 1. The Morgan fingerprint density at radius 3 is 2.64 bits per heavy atom. The first-order valence-electron chi connectivity index (χ1n) is 7.66. The summed E-state index contributed by atoms with van der Waals surface area (Å²) in [6.07, 6.45) is 4.19. The third-order valence-electron chi connectivity index (χ3n) is 3.54. The molecule has 0 bridgehead atoms. The van der Waals surface area contributed by atoms with Crippen molar-refractivity contribution in [3.63, 3.8) is 0 Å². The molecule has 0 aliphatic rings. The van der Waals surface area contributed by atoms with Gasteiger partial charge in [-0.2, -0.15) is 5.10 Å². The van der Waals surface area contributed by atoms with Crippen molar-refractivity contribution in [3.8, 4) is 0 Å². The number of carboxylic acids is 1. The number of fused-ring (bicyclic) bond motifs is 1. The van der Waals surface area contributed by atoms with E-state index in [9.17, 15) is 9.90 Å². The summed E-state index contributed by atoms with van der Waals surface area (Å²) < 4.78 is 1.88. The lowest BCUT2D eigenvalue weighted by atomic mass is 10.0. The van der Waals surface area contributed by atoms with Crippen molar-refractivity contribution in [1.29, 1.82) is 0 Å². The van der Waals surface area contributed by atoms with Gasteiger partial charge in [0.25, 0.3) is 0 Å². The van der Waals surface area contributed by atoms with Crippen molar-refractivity contribution in [2.24, 2.45) is 5.92 Å². The zero-order valence-corrected chi connectivity index (χ0v) is 13.6. The van der Waals surface area contributed by atoms with Gasteiger partial charge in [0, 0.05) is 24.2 Å². The number of aliphatic carboxylic acids is 1. The monoisotopic (exact) mass is 304 g/mol. The minimum absolute atomic E-state index is 0.261. The Morgan fingerprint density at radius 1 is 1.32 bits per heavy atom. The quantitative estimate of drug-likeness (QED) is 0.822. The summed E-state index contributed by atoms with van der Waals surface area (Å²) in [5.41, 5.74) is 1.82. The molecule has 120 valence electrons. The van der Waals surface area contributed by atoms with Gasteiger partial charge in [-0.15, -0.1) is 0 Å². The van der Waals surface area contributed by atoms with Crippen LogP contribution in [-0.2, 0) is 11.3 Å². The molecule has 2 rings (SSSR count).